The van der Waals surface area contributed by atoms with E-state index in [2.05, 4.69) is 32.6 Å². The molecule has 2 fully saturated rings. The Bertz CT molecular complexity index is 288. The fourth-order valence-corrected chi connectivity index (χ4v) is 4.68. The normalized spacial score (nSPS) is 33.0. The van der Waals surface area contributed by atoms with Crippen LogP contribution in [0.1, 0.15) is 72.6 Å². The number of nitrogens with zero attached hydrogens (tertiary/aromatic N) is 1. The summed E-state index contributed by atoms with van der Waals surface area (Å²) in [5.74, 6) is 1.60. The van der Waals surface area contributed by atoms with E-state index in [1.54, 1.807) is 0 Å². The molecule has 3 atom stereocenters. The van der Waals surface area contributed by atoms with E-state index in [1.165, 1.54) is 51.5 Å². The van der Waals surface area contributed by atoms with Crippen LogP contribution in [0.5, 0.6) is 0 Å². The minimum Gasteiger partial charge on any atom is -0.330 e. The van der Waals surface area contributed by atoms with Gasteiger partial charge in [0, 0.05) is 12.1 Å². The maximum atomic E-state index is 6.11. The quantitative estimate of drug-likeness (QED) is 0.842. The molecule has 2 rings (SSSR count). The summed E-state index contributed by atoms with van der Waals surface area (Å²) in [4.78, 5) is 2.84. The van der Waals surface area contributed by atoms with Crippen molar-refractivity contribution in [1.29, 1.82) is 0 Å². The lowest BCUT2D eigenvalue weighted by molar-refractivity contribution is 0.0246. The lowest BCUT2D eigenvalue weighted by atomic mass is 9.67. The fraction of sp³-hybridized carbons (Fsp3) is 1.00. The van der Waals surface area contributed by atoms with Gasteiger partial charge in [-0.05, 0) is 62.4 Å². The Morgan fingerprint density at radius 3 is 2.20 bits per heavy atom. The number of hydrogen-bond donors (Lipinski definition) is 1. The third-order valence-electron chi connectivity index (χ3n) is 6.07. The molecule has 0 heterocycles. The van der Waals surface area contributed by atoms with Crippen molar-refractivity contribution < 1.29 is 0 Å². The molecule has 0 amide bonds. The Morgan fingerprint density at radius 1 is 1.05 bits per heavy atom. The molecule has 0 radical (unpaired) electrons. The molecule has 0 saturated heterocycles. The fourth-order valence-electron chi connectivity index (χ4n) is 4.68. The van der Waals surface area contributed by atoms with Crippen molar-refractivity contribution in [2.45, 2.75) is 84.7 Å². The largest absolute Gasteiger partial charge is 0.330 e. The lowest BCUT2D eigenvalue weighted by Crippen LogP contribution is -2.51. The molecule has 0 aromatic carbocycles. The van der Waals surface area contributed by atoms with Crippen molar-refractivity contribution in [1.82, 2.24) is 4.90 Å². The number of nitrogens with two attached hydrogens (primary N) is 1. The summed E-state index contributed by atoms with van der Waals surface area (Å²) in [6.07, 6.45) is 9.80. The molecule has 3 unspecified atom stereocenters. The van der Waals surface area contributed by atoms with Crippen LogP contribution in [0.4, 0.5) is 0 Å². The molecule has 118 valence electrons. The molecule has 0 aromatic heterocycles. The zero-order valence-corrected chi connectivity index (χ0v) is 14.2. The van der Waals surface area contributed by atoms with Crippen LogP contribution in [0.3, 0.4) is 0 Å². The second-order valence-electron chi connectivity index (χ2n) is 8.21. The van der Waals surface area contributed by atoms with Gasteiger partial charge in [0.2, 0.25) is 0 Å². The summed E-state index contributed by atoms with van der Waals surface area (Å²) in [6, 6.07) is 1.59. The van der Waals surface area contributed by atoms with Crippen molar-refractivity contribution in [2.24, 2.45) is 23.0 Å². The molecular weight excluding hydrogens is 244 g/mol. The molecule has 0 aliphatic heterocycles. The topological polar surface area (TPSA) is 29.3 Å². The van der Waals surface area contributed by atoms with Crippen LogP contribution in [0.2, 0.25) is 0 Å². The summed E-state index contributed by atoms with van der Waals surface area (Å²) in [6.45, 7) is 11.7. The maximum absolute atomic E-state index is 6.11. The van der Waals surface area contributed by atoms with Gasteiger partial charge in [-0.1, -0.05) is 40.5 Å². The van der Waals surface area contributed by atoms with Gasteiger partial charge < -0.3 is 5.73 Å². The van der Waals surface area contributed by atoms with Gasteiger partial charge in [-0.2, -0.15) is 0 Å². The first kappa shape index (κ1) is 16.3. The van der Waals surface area contributed by atoms with E-state index in [0.717, 1.165) is 30.5 Å². The van der Waals surface area contributed by atoms with Crippen LogP contribution in [0, 0.1) is 17.3 Å². The maximum Gasteiger partial charge on any atom is 0.0141 e. The molecule has 2 nitrogen and oxygen atoms in total. The third kappa shape index (κ3) is 3.57. The summed E-state index contributed by atoms with van der Waals surface area (Å²) in [7, 11) is 0. The highest BCUT2D eigenvalue weighted by atomic mass is 15.2. The molecule has 2 N–H and O–H groups in total. The minimum absolute atomic E-state index is 0.451. The molecule has 2 aliphatic carbocycles. The molecule has 20 heavy (non-hydrogen) atoms. The van der Waals surface area contributed by atoms with Crippen molar-refractivity contribution in [3.63, 3.8) is 0 Å². The van der Waals surface area contributed by atoms with Crippen LogP contribution in [-0.2, 0) is 0 Å². The van der Waals surface area contributed by atoms with Crippen LogP contribution < -0.4 is 5.73 Å². The number of hydrogen-bond acceptors (Lipinski definition) is 2. The Hall–Kier alpha value is -0.0800. The van der Waals surface area contributed by atoms with E-state index in [1.807, 2.05) is 0 Å². The van der Waals surface area contributed by atoms with Crippen LogP contribution in [0.25, 0.3) is 0 Å². The first-order chi connectivity index (χ1) is 9.47. The van der Waals surface area contributed by atoms with E-state index in [9.17, 15) is 0 Å². The van der Waals surface area contributed by atoms with Gasteiger partial charge in [0.15, 0.2) is 0 Å². The Morgan fingerprint density at radius 2 is 1.70 bits per heavy atom. The summed E-state index contributed by atoms with van der Waals surface area (Å²) >= 11 is 0. The molecule has 0 spiro atoms. The van der Waals surface area contributed by atoms with E-state index < -0.39 is 0 Å². The van der Waals surface area contributed by atoms with Crippen molar-refractivity contribution in [3.05, 3.63) is 0 Å². The average molecular weight is 280 g/mol. The summed E-state index contributed by atoms with van der Waals surface area (Å²) < 4.78 is 0. The Kier molecular flexibility index (Phi) is 5.53. The molecule has 0 aromatic rings. The highest BCUT2D eigenvalue weighted by molar-refractivity contribution is 4.93. The van der Waals surface area contributed by atoms with Gasteiger partial charge in [-0.3, -0.25) is 4.90 Å². The van der Waals surface area contributed by atoms with Crippen molar-refractivity contribution in [3.8, 4) is 0 Å². The van der Waals surface area contributed by atoms with Crippen LogP contribution in [0.15, 0.2) is 0 Å². The van der Waals surface area contributed by atoms with Gasteiger partial charge in [0.1, 0.15) is 0 Å². The Labute approximate surface area is 126 Å². The smallest absolute Gasteiger partial charge is 0.0141 e. The molecule has 0 bridgehead atoms. The molecular formula is C18H36N2. The zero-order valence-electron chi connectivity index (χ0n) is 14.2. The second-order valence-corrected chi connectivity index (χ2v) is 8.21. The predicted octanol–water partition coefficient (Wildman–Crippen LogP) is 4.04. The highest BCUT2D eigenvalue weighted by Gasteiger charge is 2.39. The number of rotatable bonds is 4. The van der Waals surface area contributed by atoms with Gasteiger partial charge in [-0.15, -0.1) is 0 Å². The van der Waals surface area contributed by atoms with Crippen LogP contribution >= 0.6 is 0 Å². The Balaban J connectivity index is 2.10. The third-order valence-corrected chi connectivity index (χ3v) is 6.07. The lowest BCUT2D eigenvalue weighted by Gasteiger charge is -2.47. The average Bonchev–Trinajstić information content (AvgIpc) is 2.92. The van der Waals surface area contributed by atoms with Gasteiger partial charge in [-0.25, -0.2) is 0 Å². The molecule has 2 heteroatoms. The predicted molar refractivity (Wildman–Crippen MR) is 87.8 cm³/mol. The standard InChI is InChI=1S/C18H36N2/c1-5-20(16-8-6-7-9-16)17-12-15(18(2,3)4)11-10-14(17)13-19/h14-17H,5-13,19H2,1-4H3. The monoisotopic (exact) mass is 280 g/mol. The first-order valence-electron chi connectivity index (χ1n) is 8.93. The van der Waals surface area contributed by atoms with E-state index in [0.29, 0.717) is 5.41 Å². The van der Waals surface area contributed by atoms with E-state index in [4.69, 9.17) is 5.73 Å². The van der Waals surface area contributed by atoms with E-state index >= 15 is 0 Å². The summed E-state index contributed by atoms with van der Waals surface area (Å²) in [5, 5.41) is 0. The van der Waals surface area contributed by atoms with E-state index in [-0.39, 0.29) is 0 Å². The second kappa shape index (κ2) is 6.79. The molecule has 2 aliphatic rings. The summed E-state index contributed by atoms with van der Waals surface area (Å²) in [5.41, 5.74) is 6.56. The van der Waals surface area contributed by atoms with Crippen molar-refractivity contribution in [2.75, 3.05) is 13.1 Å². The zero-order chi connectivity index (χ0) is 14.8. The van der Waals surface area contributed by atoms with Gasteiger partial charge >= 0.3 is 0 Å². The van der Waals surface area contributed by atoms with Crippen LogP contribution in [-0.4, -0.2) is 30.1 Å². The van der Waals surface area contributed by atoms with Gasteiger partial charge in [0.25, 0.3) is 0 Å². The van der Waals surface area contributed by atoms with Gasteiger partial charge in [0.05, 0.1) is 0 Å². The first-order valence-corrected chi connectivity index (χ1v) is 8.93. The van der Waals surface area contributed by atoms with Crippen molar-refractivity contribution >= 4 is 0 Å². The SMILES string of the molecule is CCN(C1CCCC1)C1CC(C(C)(C)C)CCC1CN. The minimum atomic E-state index is 0.451. The molecule has 2 saturated carbocycles. The highest BCUT2D eigenvalue weighted by Crippen LogP contribution is 2.42.